The minimum Gasteiger partial charge on any atom is -0.489 e. The Bertz CT molecular complexity index is 910. The maximum atomic E-state index is 9.22. The number of rotatable bonds is 7. The van der Waals surface area contributed by atoms with Crippen LogP contribution in [0.2, 0.25) is 0 Å². The summed E-state index contributed by atoms with van der Waals surface area (Å²) in [4.78, 5) is 6.34. The second-order valence-electron chi connectivity index (χ2n) is 6.33. The van der Waals surface area contributed by atoms with E-state index in [1.165, 1.54) is 0 Å². The van der Waals surface area contributed by atoms with Gasteiger partial charge in [0.25, 0.3) is 0 Å². The van der Waals surface area contributed by atoms with Crippen molar-refractivity contribution < 1.29 is 19.3 Å². The largest absolute Gasteiger partial charge is 0.489 e. The summed E-state index contributed by atoms with van der Waals surface area (Å²) in [5, 5.41) is 9.22. The molecular weight excluding hydrogens is 374 g/mol. The Balaban J connectivity index is 1.40. The van der Waals surface area contributed by atoms with Gasteiger partial charge in [0, 0.05) is 27.7 Å². The van der Waals surface area contributed by atoms with E-state index in [-0.39, 0.29) is 12.9 Å². The van der Waals surface area contributed by atoms with Crippen LogP contribution in [0, 0.1) is 0 Å². The number of benzene rings is 2. The van der Waals surface area contributed by atoms with E-state index in [4.69, 9.17) is 14.2 Å². The summed E-state index contributed by atoms with van der Waals surface area (Å²) >= 11 is 1.62. The van der Waals surface area contributed by atoms with E-state index in [2.05, 4.69) is 4.98 Å². The van der Waals surface area contributed by atoms with E-state index in [1.54, 1.807) is 18.0 Å². The average Bonchev–Trinajstić information content (AvgIpc) is 3.28. The molecule has 0 spiro atoms. The van der Waals surface area contributed by atoms with Crippen LogP contribution in [-0.4, -0.2) is 23.3 Å². The van der Waals surface area contributed by atoms with Crippen molar-refractivity contribution in [3.8, 4) is 5.75 Å². The first kappa shape index (κ1) is 19.0. The lowest BCUT2D eigenvalue weighted by molar-refractivity contribution is -0.0460. The quantitative estimate of drug-likeness (QED) is 0.642. The van der Waals surface area contributed by atoms with Crippen molar-refractivity contribution >= 4 is 11.8 Å². The van der Waals surface area contributed by atoms with Gasteiger partial charge in [-0.05, 0) is 41.5 Å². The molecule has 0 aliphatic carbocycles. The molecule has 1 aliphatic heterocycles. The predicted octanol–water partition coefficient (Wildman–Crippen LogP) is 4.35. The average molecular weight is 395 g/mol. The Morgan fingerprint density at radius 2 is 1.82 bits per heavy atom. The third kappa shape index (κ3) is 4.72. The molecule has 1 aliphatic rings. The van der Waals surface area contributed by atoms with Gasteiger partial charge in [0.2, 0.25) is 0 Å². The molecule has 1 N–H and O–H groups in total. The zero-order valence-electron chi connectivity index (χ0n) is 15.3. The molecule has 28 heavy (non-hydrogen) atoms. The molecule has 0 atom stereocenters. The molecule has 0 bridgehead atoms. The van der Waals surface area contributed by atoms with Crippen molar-refractivity contribution in [2.75, 3.05) is 13.2 Å². The fourth-order valence-electron chi connectivity index (χ4n) is 2.92. The smallest absolute Gasteiger partial charge is 0.185 e. The van der Waals surface area contributed by atoms with Gasteiger partial charge in [-0.1, -0.05) is 36.0 Å². The Hall–Kier alpha value is -2.38. The van der Waals surface area contributed by atoms with Gasteiger partial charge in [-0.25, -0.2) is 0 Å². The molecule has 0 amide bonds. The van der Waals surface area contributed by atoms with Gasteiger partial charge in [-0.3, -0.25) is 4.98 Å². The van der Waals surface area contributed by atoms with Crippen LogP contribution in [0.3, 0.4) is 0 Å². The maximum Gasteiger partial charge on any atom is 0.185 e. The first-order chi connectivity index (χ1) is 13.8. The lowest BCUT2D eigenvalue weighted by Gasteiger charge is -2.14. The number of hydrogen-bond donors (Lipinski definition) is 1. The summed E-state index contributed by atoms with van der Waals surface area (Å²) in [6, 6.07) is 17.7. The van der Waals surface area contributed by atoms with Crippen LogP contribution in [0.1, 0.15) is 23.0 Å². The summed E-state index contributed by atoms with van der Waals surface area (Å²) in [6.45, 7) is 1.73. The molecule has 3 aromatic rings. The lowest BCUT2D eigenvalue weighted by atomic mass is 10.1. The normalized spacial score (nSPS) is 14.3. The molecule has 2 aromatic carbocycles. The maximum absolute atomic E-state index is 9.22. The highest BCUT2D eigenvalue weighted by Crippen LogP contribution is 2.36. The highest BCUT2D eigenvalue weighted by molar-refractivity contribution is 7.99. The number of aliphatic hydroxyl groups is 1. The van der Waals surface area contributed by atoms with Crippen molar-refractivity contribution in [3.63, 3.8) is 0 Å². The van der Waals surface area contributed by atoms with E-state index in [0.29, 0.717) is 19.8 Å². The second-order valence-corrected chi connectivity index (χ2v) is 7.44. The lowest BCUT2D eigenvalue weighted by Crippen LogP contribution is -2.00. The number of aliphatic hydroxyl groups excluding tert-OH is 1. The number of pyridine rings is 1. The van der Waals surface area contributed by atoms with Gasteiger partial charge in [-0.2, -0.15) is 0 Å². The Morgan fingerprint density at radius 1 is 1.04 bits per heavy atom. The SMILES string of the molecule is OCc1cccc(COc2ccc(Sc3cnccc3C3OCCO3)cc2)c1. The van der Waals surface area contributed by atoms with Crippen LogP contribution in [0.25, 0.3) is 0 Å². The van der Waals surface area contributed by atoms with Crippen molar-refractivity contribution in [2.24, 2.45) is 0 Å². The van der Waals surface area contributed by atoms with Gasteiger partial charge in [0.1, 0.15) is 12.4 Å². The van der Waals surface area contributed by atoms with Crippen LogP contribution in [0.4, 0.5) is 0 Å². The molecule has 1 fully saturated rings. The molecule has 1 aromatic heterocycles. The molecule has 2 heterocycles. The van der Waals surface area contributed by atoms with Gasteiger partial charge < -0.3 is 19.3 Å². The number of ether oxygens (including phenoxy) is 3. The minimum absolute atomic E-state index is 0.0348. The Morgan fingerprint density at radius 3 is 2.61 bits per heavy atom. The van der Waals surface area contributed by atoms with Gasteiger partial charge in [-0.15, -0.1) is 0 Å². The fourth-order valence-corrected chi connectivity index (χ4v) is 3.85. The van der Waals surface area contributed by atoms with Crippen molar-refractivity contribution in [1.29, 1.82) is 0 Å². The third-order valence-corrected chi connectivity index (χ3v) is 5.39. The molecule has 0 radical (unpaired) electrons. The van der Waals surface area contributed by atoms with Gasteiger partial charge >= 0.3 is 0 Å². The molecule has 0 unspecified atom stereocenters. The van der Waals surface area contributed by atoms with E-state index >= 15 is 0 Å². The summed E-state index contributed by atoms with van der Waals surface area (Å²) in [5.41, 5.74) is 2.92. The topological polar surface area (TPSA) is 60.8 Å². The molecule has 144 valence electrons. The number of aromatic nitrogens is 1. The molecule has 0 saturated carbocycles. The fraction of sp³-hybridized carbons (Fsp3) is 0.227. The third-order valence-electron chi connectivity index (χ3n) is 4.32. The van der Waals surface area contributed by atoms with E-state index in [0.717, 1.165) is 32.2 Å². The summed E-state index contributed by atoms with van der Waals surface area (Å²) in [5.74, 6) is 0.799. The predicted molar refractivity (Wildman–Crippen MR) is 106 cm³/mol. The molecule has 1 saturated heterocycles. The standard InChI is InChI=1S/C22H21NO4S/c24-14-16-2-1-3-17(12-16)15-27-18-4-6-19(7-5-18)28-21-13-23-9-8-20(21)22-25-10-11-26-22/h1-9,12-13,22,24H,10-11,14-15H2. The van der Waals surface area contributed by atoms with Crippen LogP contribution < -0.4 is 4.74 Å². The molecule has 4 rings (SSSR count). The Kier molecular flexibility index (Phi) is 6.24. The van der Waals surface area contributed by atoms with Crippen LogP contribution in [0.5, 0.6) is 5.75 Å². The number of hydrogen-bond acceptors (Lipinski definition) is 6. The summed E-state index contributed by atoms with van der Waals surface area (Å²) in [7, 11) is 0. The highest BCUT2D eigenvalue weighted by Gasteiger charge is 2.21. The van der Waals surface area contributed by atoms with Crippen molar-refractivity contribution in [1.82, 2.24) is 4.98 Å². The van der Waals surface area contributed by atoms with Crippen LogP contribution in [-0.2, 0) is 22.7 Å². The second kappa shape index (κ2) is 9.21. The Labute approximate surface area is 168 Å². The zero-order chi connectivity index (χ0) is 19.2. The van der Waals surface area contributed by atoms with E-state index in [1.807, 2.05) is 60.8 Å². The van der Waals surface area contributed by atoms with Gasteiger partial charge in [0.05, 0.1) is 19.8 Å². The first-order valence-corrected chi connectivity index (χ1v) is 9.90. The van der Waals surface area contributed by atoms with Gasteiger partial charge in [0.15, 0.2) is 6.29 Å². The summed E-state index contributed by atoms with van der Waals surface area (Å²) < 4.78 is 17.1. The van der Waals surface area contributed by atoms with E-state index < -0.39 is 0 Å². The molecule has 6 heteroatoms. The molecular formula is C22H21NO4S. The van der Waals surface area contributed by atoms with Crippen molar-refractivity contribution in [3.05, 3.63) is 83.7 Å². The van der Waals surface area contributed by atoms with E-state index in [9.17, 15) is 5.11 Å². The summed E-state index contributed by atoms with van der Waals surface area (Å²) in [6.07, 6.45) is 3.28. The highest BCUT2D eigenvalue weighted by atomic mass is 32.2. The molecule has 5 nitrogen and oxygen atoms in total. The monoisotopic (exact) mass is 395 g/mol. The zero-order valence-corrected chi connectivity index (χ0v) is 16.1. The minimum atomic E-state index is -0.317. The van der Waals surface area contributed by atoms with Crippen LogP contribution >= 0.6 is 11.8 Å². The number of nitrogens with zero attached hydrogens (tertiary/aromatic N) is 1. The van der Waals surface area contributed by atoms with Crippen LogP contribution in [0.15, 0.2) is 76.8 Å². The van der Waals surface area contributed by atoms with Crippen molar-refractivity contribution in [2.45, 2.75) is 29.3 Å². The first-order valence-electron chi connectivity index (χ1n) is 9.08.